The van der Waals surface area contributed by atoms with Crippen LogP contribution in [0.15, 0.2) is 0 Å². The molecule has 1 rings (SSSR count). The molecule has 6 heteroatoms. The third-order valence-corrected chi connectivity index (χ3v) is 97.7. The summed E-state index contributed by atoms with van der Waals surface area (Å²) in [6.45, 7) is 27.5. The molecule has 1 heterocycles. The van der Waals surface area contributed by atoms with Crippen LogP contribution < -0.4 is 0 Å². The summed E-state index contributed by atoms with van der Waals surface area (Å²) in [6, 6.07) is 3.46. The van der Waals surface area contributed by atoms with Crippen LogP contribution in [-0.4, -0.2) is 45.1 Å². The summed E-state index contributed by atoms with van der Waals surface area (Å²) in [5.41, 5.74) is 0. The molecule has 0 aliphatic carbocycles. The molecule has 1 aliphatic rings. The molecule has 0 atom stereocenters. The van der Waals surface area contributed by atoms with Crippen LogP contribution in [0.5, 0.6) is 0 Å². The van der Waals surface area contributed by atoms with Crippen LogP contribution in [0.3, 0.4) is 0 Å². The van der Waals surface area contributed by atoms with Crippen LogP contribution in [0.2, 0.25) is 77.6 Å². The lowest BCUT2D eigenvalue weighted by atomic mass is 11.0. The van der Waals surface area contributed by atoms with Gasteiger partial charge in [0.05, 0.1) is 0 Å². The molecule has 18 heavy (non-hydrogen) atoms. The van der Waals surface area contributed by atoms with Gasteiger partial charge < -0.3 is 0 Å². The molecule has 1 saturated heterocycles. The van der Waals surface area contributed by atoms with E-state index in [1.54, 1.807) is 12.1 Å². The first-order valence-corrected chi connectivity index (χ1v) is 28.9. The Morgan fingerprint density at radius 1 is 0.611 bits per heavy atom. The average Bonchev–Trinajstić information content (AvgIpc) is 2.04. The molecule has 0 N–H and O–H groups in total. The minimum atomic E-state index is -0.873. The minimum absolute atomic E-state index is 0.0489. The monoisotopic (exact) mass is 346 g/mol. The second kappa shape index (κ2) is 4.94. The Balaban J connectivity index is 3.18. The van der Waals surface area contributed by atoms with Crippen LogP contribution in [-0.2, 0) is 0 Å². The molecule has 106 valence electrons. The quantitative estimate of drug-likeness (QED) is 0.647. The highest BCUT2D eigenvalue weighted by molar-refractivity contribution is 7.92. The van der Waals surface area contributed by atoms with Crippen molar-refractivity contribution in [2.75, 3.05) is 0 Å². The van der Waals surface area contributed by atoms with E-state index in [2.05, 4.69) is 65.5 Å². The lowest BCUT2D eigenvalue weighted by Crippen LogP contribution is -2.82. The molecule has 0 unspecified atom stereocenters. The van der Waals surface area contributed by atoms with E-state index in [4.69, 9.17) is 0 Å². The van der Waals surface area contributed by atoms with E-state index < -0.39 is 29.4 Å². The first-order valence-electron chi connectivity index (χ1n) is 7.46. The summed E-state index contributed by atoms with van der Waals surface area (Å²) in [5.74, 6) is 0. The first-order chi connectivity index (χ1) is 7.72. The molecule has 0 spiro atoms. The standard InChI is InChI=1S/C12H34Si6/c1-15(2,3)13-11-12-14(16(4,5)6)18(9,10)17(13,7)8/h11-12H2,1-10H3. The zero-order valence-electron chi connectivity index (χ0n) is 14.4. The minimum Gasteiger partial charge on any atom is -0.0737 e. The van der Waals surface area contributed by atoms with Gasteiger partial charge in [-0.2, -0.15) is 0 Å². The van der Waals surface area contributed by atoms with Gasteiger partial charge in [-0.25, -0.2) is 0 Å². The summed E-state index contributed by atoms with van der Waals surface area (Å²) in [7, 11) is -3.33. The fourth-order valence-corrected chi connectivity index (χ4v) is 144. The maximum absolute atomic E-state index is 2.84. The van der Waals surface area contributed by atoms with Crippen LogP contribution in [0.25, 0.3) is 0 Å². The van der Waals surface area contributed by atoms with Crippen molar-refractivity contribution >= 4 is 45.1 Å². The second-order valence-electron chi connectivity index (χ2n) is 9.21. The van der Waals surface area contributed by atoms with Crippen molar-refractivity contribution in [3.63, 3.8) is 0 Å². The Hall–Kier alpha value is 1.30. The maximum Gasteiger partial charge on any atom is 0.0329 e. The third kappa shape index (κ3) is 2.98. The number of rotatable bonds is 2. The Labute approximate surface area is 122 Å². The molecular weight excluding hydrogens is 313 g/mol. The Morgan fingerprint density at radius 3 is 1.00 bits per heavy atom. The molecular formula is C12H34Si6. The van der Waals surface area contributed by atoms with Gasteiger partial charge in [-0.1, -0.05) is 77.6 Å². The molecule has 1 fully saturated rings. The first kappa shape index (κ1) is 17.4. The van der Waals surface area contributed by atoms with E-state index in [9.17, 15) is 0 Å². The summed E-state index contributed by atoms with van der Waals surface area (Å²) in [6.07, 6.45) is 0. The number of hydrogen-bond donors (Lipinski definition) is 0. The van der Waals surface area contributed by atoms with Gasteiger partial charge in [-0.05, 0) is 0 Å². The highest BCUT2D eigenvalue weighted by Crippen LogP contribution is 2.40. The fourth-order valence-electron chi connectivity index (χ4n) is 4.25. The summed E-state index contributed by atoms with van der Waals surface area (Å²) >= 11 is 0. The average molecular weight is 347 g/mol. The molecule has 0 aromatic rings. The molecule has 2 radical (unpaired) electrons. The van der Waals surface area contributed by atoms with Crippen molar-refractivity contribution in [1.29, 1.82) is 0 Å². The lowest BCUT2D eigenvalue weighted by molar-refractivity contribution is 1.39. The van der Waals surface area contributed by atoms with Crippen molar-refractivity contribution in [2.45, 2.75) is 77.6 Å². The summed E-state index contributed by atoms with van der Waals surface area (Å²) < 4.78 is 0. The van der Waals surface area contributed by atoms with Crippen molar-refractivity contribution in [3.05, 3.63) is 0 Å². The van der Waals surface area contributed by atoms with Gasteiger partial charge in [-0.15, -0.1) is 0 Å². The third-order valence-electron chi connectivity index (χ3n) is 5.51. The highest BCUT2D eigenvalue weighted by Gasteiger charge is 2.59. The zero-order valence-corrected chi connectivity index (χ0v) is 20.4. The van der Waals surface area contributed by atoms with E-state index in [-0.39, 0.29) is 15.7 Å². The van der Waals surface area contributed by atoms with Gasteiger partial charge in [-0.3, -0.25) is 0 Å². The van der Waals surface area contributed by atoms with Crippen molar-refractivity contribution in [1.82, 2.24) is 0 Å². The molecule has 0 saturated carbocycles. The van der Waals surface area contributed by atoms with Gasteiger partial charge in [0, 0.05) is 45.1 Å². The summed E-state index contributed by atoms with van der Waals surface area (Å²) in [5, 5.41) is 0. The van der Waals surface area contributed by atoms with Crippen molar-refractivity contribution in [3.8, 4) is 0 Å². The molecule has 0 aromatic heterocycles. The van der Waals surface area contributed by atoms with E-state index in [0.29, 0.717) is 0 Å². The fraction of sp³-hybridized carbons (Fsp3) is 1.00. The Morgan fingerprint density at radius 2 is 0.833 bits per heavy atom. The molecule has 0 amide bonds. The van der Waals surface area contributed by atoms with E-state index >= 15 is 0 Å². The van der Waals surface area contributed by atoms with Gasteiger partial charge in [0.1, 0.15) is 0 Å². The smallest absolute Gasteiger partial charge is 0.0329 e. The molecule has 0 aromatic carbocycles. The normalized spacial score (nSPS) is 26.3. The molecule has 0 bridgehead atoms. The van der Waals surface area contributed by atoms with Crippen LogP contribution in [0.4, 0.5) is 0 Å². The van der Waals surface area contributed by atoms with Gasteiger partial charge >= 0.3 is 0 Å². The van der Waals surface area contributed by atoms with E-state index in [1.807, 2.05) is 0 Å². The second-order valence-corrected chi connectivity index (χ2v) is 64.9. The SMILES string of the molecule is C[Si](C)(C)[Si]1CC[Si]([Si](C)(C)C)[Si](C)(C)[Si]1(C)C. The van der Waals surface area contributed by atoms with Gasteiger partial charge in [0.15, 0.2) is 0 Å². The highest BCUT2D eigenvalue weighted by atomic mass is 30.0. The predicted octanol–water partition coefficient (Wildman–Crippen LogP) is 4.47. The van der Waals surface area contributed by atoms with Crippen molar-refractivity contribution in [2.24, 2.45) is 0 Å². The van der Waals surface area contributed by atoms with E-state index in [1.165, 1.54) is 0 Å². The zero-order chi connectivity index (χ0) is 14.6. The summed E-state index contributed by atoms with van der Waals surface area (Å²) in [4.78, 5) is 0. The Bertz CT molecular complexity index is 278. The van der Waals surface area contributed by atoms with Crippen LogP contribution >= 0.6 is 0 Å². The van der Waals surface area contributed by atoms with Crippen LogP contribution in [0, 0.1) is 0 Å². The van der Waals surface area contributed by atoms with E-state index in [0.717, 1.165) is 0 Å². The largest absolute Gasteiger partial charge is 0.0737 e. The predicted molar refractivity (Wildman–Crippen MR) is 103 cm³/mol. The Kier molecular flexibility index (Phi) is 4.76. The van der Waals surface area contributed by atoms with Crippen LogP contribution in [0.1, 0.15) is 0 Å². The topological polar surface area (TPSA) is 0 Å². The molecule has 1 aliphatic heterocycles. The van der Waals surface area contributed by atoms with Gasteiger partial charge in [0.2, 0.25) is 0 Å². The van der Waals surface area contributed by atoms with Gasteiger partial charge in [0.25, 0.3) is 0 Å². The lowest BCUT2D eigenvalue weighted by Gasteiger charge is -2.58. The number of hydrogen-bond acceptors (Lipinski definition) is 0. The van der Waals surface area contributed by atoms with Crippen molar-refractivity contribution < 1.29 is 0 Å². The maximum atomic E-state index is 2.84. The molecule has 0 nitrogen and oxygen atoms in total.